The number of carbonyl (C=O) groups excluding carboxylic acids is 2. The van der Waals surface area contributed by atoms with Gasteiger partial charge in [-0.05, 0) is 11.8 Å². The van der Waals surface area contributed by atoms with Gasteiger partial charge in [0.1, 0.15) is 6.04 Å². The van der Waals surface area contributed by atoms with Gasteiger partial charge in [-0.3, -0.25) is 14.4 Å². The zero-order valence-corrected chi connectivity index (χ0v) is 11.7. The van der Waals surface area contributed by atoms with E-state index < -0.39 is 17.4 Å². The van der Waals surface area contributed by atoms with Crippen LogP contribution in [0.3, 0.4) is 0 Å². The van der Waals surface area contributed by atoms with Crippen molar-refractivity contribution in [3.63, 3.8) is 0 Å². The summed E-state index contributed by atoms with van der Waals surface area (Å²) in [6.45, 7) is 6.32. The fourth-order valence-corrected chi connectivity index (χ4v) is 2.40. The molecule has 2 N–H and O–H groups in total. The Morgan fingerprint density at radius 1 is 1.42 bits per heavy atom. The molecular formula is C13H22N2O4. The van der Waals surface area contributed by atoms with Gasteiger partial charge in [0.25, 0.3) is 0 Å². The number of hydrogen-bond donors (Lipinski definition) is 2. The van der Waals surface area contributed by atoms with E-state index in [-0.39, 0.29) is 24.7 Å². The van der Waals surface area contributed by atoms with Gasteiger partial charge in [0.05, 0.1) is 6.42 Å². The van der Waals surface area contributed by atoms with E-state index in [9.17, 15) is 14.4 Å². The molecule has 0 radical (unpaired) electrons. The molecule has 1 heterocycles. The molecule has 0 aromatic heterocycles. The number of carboxylic acid groups (broad SMARTS) is 1. The highest BCUT2D eigenvalue weighted by molar-refractivity contribution is 5.89. The number of aliphatic carboxylic acids is 1. The van der Waals surface area contributed by atoms with E-state index >= 15 is 0 Å². The summed E-state index contributed by atoms with van der Waals surface area (Å²) < 4.78 is 0. The smallest absolute Gasteiger partial charge is 0.303 e. The molecule has 6 heteroatoms. The molecule has 0 aromatic rings. The second-order valence-electron chi connectivity index (χ2n) is 5.71. The van der Waals surface area contributed by atoms with Gasteiger partial charge in [-0.25, -0.2) is 0 Å². The number of piperazine rings is 1. The molecular weight excluding hydrogens is 248 g/mol. The molecule has 1 aliphatic rings. The van der Waals surface area contributed by atoms with Crippen molar-refractivity contribution < 1.29 is 19.5 Å². The number of nitrogens with one attached hydrogen (secondary N) is 1. The Labute approximate surface area is 113 Å². The maximum atomic E-state index is 12.3. The minimum Gasteiger partial charge on any atom is -0.481 e. The minimum atomic E-state index is -0.916. The Morgan fingerprint density at radius 3 is 2.58 bits per heavy atom. The molecule has 1 aliphatic heterocycles. The van der Waals surface area contributed by atoms with Crippen molar-refractivity contribution >= 4 is 17.8 Å². The molecule has 1 atom stereocenters. The predicted molar refractivity (Wildman–Crippen MR) is 69.5 cm³/mol. The highest BCUT2D eigenvalue weighted by atomic mass is 16.4. The first kappa shape index (κ1) is 15.5. The van der Waals surface area contributed by atoms with Crippen molar-refractivity contribution in [2.45, 2.75) is 46.1 Å². The lowest BCUT2D eigenvalue weighted by Gasteiger charge is -2.36. The molecule has 1 saturated heterocycles. The summed E-state index contributed by atoms with van der Waals surface area (Å²) in [4.78, 5) is 36.3. The zero-order valence-electron chi connectivity index (χ0n) is 11.7. The van der Waals surface area contributed by atoms with Crippen molar-refractivity contribution in [1.29, 1.82) is 0 Å². The van der Waals surface area contributed by atoms with E-state index in [0.717, 1.165) is 0 Å². The Hall–Kier alpha value is -1.59. The van der Waals surface area contributed by atoms with Gasteiger partial charge in [0, 0.05) is 19.5 Å². The van der Waals surface area contributed by atoms with Gasteiger partial charge in [0.2, 0.25) is 11.8 Å². The number of carbonyl (C=O) groups is 3. The summed E-state index contributed by atoms with van der Waals surface area (Å²) in [5, 5.41) is 11.6. The summed E-state index contributed by atoms with van der Waals surface area (Å²) in [6, 6.07) is -0.429. The first-order valence-corrected chi connectivity index (χ1v) is 6.56. The average molecular weight is 270 g/mol. The van der Waals surface area contributed by atoms with Crippen molar-refractivity contribution in [3.05, 3.63) is 0 Å². The average Bonchev–Trinajstić information content (AvgIpc) is 2.25. The molecule has 0 aromatic carbocycles. The van der Waals surface area contributed by atoms with Crippen LogP contribution in [0.1, 0.15) is 40.0 Å². The standard InChI is InChI=1S/C13H22N2O4/c1-4-9-12(19)14-5-6-15(9)10(16)7-13(2,3)8-11(17)18/h9H,4-8H2,1-3H3,(H,14,19)(H,17,18). The van der Waals surface area contributed by atoms with E-state index in [1.807, 2.05) is 6.92 Å². The van der Waals surface area contributed by atoms with Crippen LogP contribution < -0.4 is 5.32 Å². The number of carboxylic acids is 1. The maximum absolute atomic E-state index is 12.3. The second kappa shape index (κ2) is 6.04. The fourth-order valence-electron chi connectivity index (χ4n) is 2.40. The van der Waals surface area contributed by atoms with E-state index in [4.69, 9.17) is 5.11 Å². The maximum Gasteiger partial charge on any atom is 0.303 e. The molecule has 0 bridgehead atoms. The monoisotopic (exact) mass is 270 g/mol. The quantitative estimate of drug-likeness (QED) is 0.766. The first-order valence-electron chi connectivity index (χ1n) is 6.56. The molecule has 1 unspecified atom stereocenters. The van der Waals surface area contributed by atoms with Crippen molar-refractivity contribution in [2.24, 2.45) is 5.41 Å². The molecule has 1 fully saturated rings. The molecule has 108 valence electrons. The van der Waals surface area contributed by atoms with Gasteiger partial charge in [-0.15, -0.1) is 0 Å². The second-order valence-corrected chi connectivity index (χ2v) is 5.71. The lowest BCUT2D eigenvalue weighted by atomic mass is 9.85. The van der Waals surface area contributed by atoms with Crippen molar-refractivity contribution in [3.8, 4) is 0 Å². The molecule has 6 nitrogen and oxygen atoms in total. The number of amides is 2. The number of hydrogen-bond acceptors (Lipinski definition) is 3. The Morgan fingerprint density at radius 2 is 2.05 bits per heavy atom. The first-order chi connectivity index (χ1) is 8.76. The van der Waals surface area contributed by atoms with E-state index in [0.29, 0.717) is 19.5 Å². The Kier molecular flexibility index (Phi) is 4.91. The van der Waals surface area contributed by atoms with Crippen molar-refractivity contribution in [2.75, 3.05) is 13.1 Å². The third-order valence-electron chi connectivity index (χ3n) is 3.30. The van der Waals surface area contributed by atoms with E-state index in [1.165, 1.54) is 0 Å². The number of rotatable bonds is 5. The topological polar surface area (TPSA) is 86.7 Å². The van der Waals surface area contributed by atoms with Crippen LogP contribution in [0, 0.1) is 5.41 Å². The molecule has 0 spiro atoms. The van der Waals surface area contributed by atoms with Gasteiger partial charge >= 0.3 is 5.97 Å². The van der Waals surface area contributed by atoms with Gasteiger partial charge < -0.3 is 15.3 Å². The van der Waals surface area contributed by atoms with E-state index in [2.05, 4.69) is 5.32 Å². The third-order valence-corrected chi connectivity index (χ3v) is 3.30. The summed E-state index contributed by atoms with van der Waals surface area (Å²) in [5.74, 6) is -1.19. The largest absolute Gasteiger partial charge is 0.481 e. The third kappa shape index (κ3) is 4.22. The molecule has 0 saturated carbocycles. The highest BCUT2D eigenvalue weighted by Crippen LogP contribution is 2.27. The predicted octanol–water partition coefficient (Wildman–Crippen LogP) is 0.614. The summed E-state index contributed by atoms with van der Waals surface area (Å²) in [6.07, 6.45) is 0.648. The molecule has 19 heavy (non-hydrogen) atoms. The van der Waals surface area contributed by atoms with Gasteiger partial charge in [0.15, 0.2) is 0 Å². The van der Waals surface area contributed by atoms with Crippen LogP contribution >= 0.6 is 0 Å². The number of nitrogens with zero attached hydrogens (tertiary/aromatic N) is 1. The summed E-state index contributed by atoms with van der Waals surface area (Å²) >= 11 is 0. The Balaban J connectivity index is 2.70. The van der Waals surface area contributed by atoms with Crippen molar-refractivity contribution in [1.82, 2.24) is 10.2 Å². The van der Waals surface area contributed by atoms with Gasteiger partial charge in [-0.2, -0.15) is 0 Å². The van der Waals surface area contributed by atoms with Crippen LogP contribution in [0.4, 0.5) is 0 Å². The van der Waals surface area contributed by atoms with Crippen LogP contribution in [0.25, 0.3) is 0 Å². The molecule has 2 amide bonds. The van der Waals surface area contributed by atoms with Crippen LogP contribution in [-0.4, -0.2) is 46.9 Å². The zero-order chi connectivity index (χ0) is 14.6. The molecule has 1 rings (SSSR count). The van der Waals surface area contributed by atoms with Gasteiger partial charge in [-0.1, -0.05) is 20.8 Å². The van der Waals surface area contributed by atoms with Crippen LogP contribution in [-0.2, 0) is 14.4 Å². The highest BCUT2D eigenvalue weighted by Gasteiger charge is 2.34. The normalized spacial score (nSPS) is 20.1. The van der Waals surface area contributed by atoms with Crippen LogP contribution in [0.5, 0.6) is 0 Å². The Bertz CT molecular complexity index is 379. The van der Waals surface area contributed by atoms with Crippen LogP contribution in [0.2, 0.25) is 0 Å². The molecule has 0 aliphatic carbocycles. The summed E-state index contributed by atoms with van der Waals surface area (Å²) in [7, 11) is 0. The van der Waals surface area contributed by atoms with E-state index in [1.54, 1.807) is 18.7 Å². The SMILES string of the molecule is CCC1C(=O)NCCN1C(=O)CC(C)(C)CC(=O)O. The van der Waals surface area contributed by atoms with Crippen LogP contribution in [0.15, 0.2) is 0 Å². The minimum absolute atomic E-state index is 0.0600. The fraction of sp³-hybridized carbons (Fsp3) is 0.769. The lowest BCUT2D eigenvalue weighted by Crippen LogP contribution is -2.57. The lowest BCUT2D eigenvalue weighted by molar-refractivity contribution is -0.146. The summed E-state index contributed by atoms with van der Waals surface area (Å²) in [5.41, 5.74) is -0.602.